The molecule has 0 N–H and O–H groups in total. The second-order valence-corrected chi connectivity index (χ2v) is 6.39. The van der Waals surface area contributed by atoms with Crippen molar-refractivity contribution in [2.75, 3.05) is 6.54 Å². The maximum atomic E-state index is 13.4. The second-order valence-electron chi connectivity index (χ2n) is 5.96. The number of halogens is 4. The van der Waals surface area contributed by atoms with Crippen LogP contribution in [-0.2, 0) is 11.3 Å². The van der Waals surface area contributed by atoms with Gasteiger partial charge < -0.3 is 4.74 Å². The first-order valence-corrected chi connectivity index (χ1v) is 8.19. The van der Waals surface area contributed by atoms with Gasteiger partial charge in [-0.3, -0.25) is 0 Å². The maximum Gasteiger partial charge on any atom is 0.439 e. The number of hydrogen-bond acceptors (Lipinski definition) is 2. The van der Waals surface area contributed by atoms with Crippen LogP contribution in [0.3, 0.4) is 0 Å². The van der Waals surface area contributed by atoms with E-state index >= 15 is 0 Å². The SMILES string of the molecule is C/C(=C1\CN(Cc2ccccc2)[C@H](C(F)(F)F)O1)c1ccc(Cl)cc1. The van der Waals surface area contributed by atoms with Gasteiger partial charge in [0.2, 0.25) is 6.23 Å². The maximum absolute atomic E-state index is 13.4. The van der Waals surface area contributed by atoms with E-state index in [0.29, 0.717) is 16.4 Å². The molecule has 0 bridgehead atoms. The largest absolute Gasteiger partial charge is 0.468 e. The predicted molar refractivity (Wildman–Crippen MR) is 91.8 cm³/mol. The molecule has 0 saturated carbocycles. The highest BCUT2D eigenvalue weighted by molar-refractivity contribution is 6.30. The number of alkyl halides is 3. The van der Waals surface area contributed by atoms with Crippen molar-refractivity contribution in [3.8, 4) is 0 Å². The molecule has 132 valence electrons. The lowest BCUT2D eigenvalue weighted by atomic mass is 10.1. The number of hydrogen-bond donors (Lipinski definition) is 0. The lowest BCUT2D eigenvalue weighted by Crippen LogP contribution is -2.41. The minimum Gasteiger partial charge on any atom is -0.468 e. The Labute approximate surface area is 149 Å². The smallest absolute Gasteiger partial charge is 0.439 e. The first kappa shape index (κ1) is 17.8. The van der Waals surface area contributed by atoms with E-state index in [1.165, 1.54) is 4.90 Å². The Kier molecular flexibility index (Phi) is 5.06. The molecule has 0 unspecified atom stereocenters. The lowest BCUT2D eigenvalue weighted by molar-refractivity contribution is -0.236. The van der Waals surface area contributed by atoms with Gasteiger partial charge in [-0.05, 0) is 35.8 Å². The van der Waals surface area contributed by atoms with E-state index in [1.54, 1.807) is 43.3 Å². The van der Waals surface area contributed by atoms with E-state index in [0.717, 1.165) is 11.1 Å². The summed E-state index contributed by atoms with van der Waals surface area (Å²) in [5, 5.41) is 0.577. The van der Waals surface area contributed by atoms with Crippen LogP contribution < -0.4 is 0 Å². The number of rotatable bonds is 3. The molecule has 1 atom stereocenters. The molecule has 2 aromatic rings. The normalized spacial score (nSPS) is 20.4. The molecule has 25 heavy (non-hydrogen) atoms. The van der Waals surface area contributed by atoms with Crippen LogP contribution >= 0.6 is 11.6 Å². The first-order chi connectivity index (χ1) is 11.8. The zero-order valence-corrected chi connectivity index (χ0v) is 14.3. The number of benzene rings is 2. The van der Waals surface area contributed by atoms with Crippen molar-refractivity contribution >= 4 is 17.2 Å². The summed E-state index contributed by atoms with van der Waals surface area (Å²) in [5.74, 6) is 0.334. The lowest BCUT2D eigenvalue weighted by Gasteiger charge is -2.24. The Bertz CT molecular complexity index is 756. The van der Waals surface area contributed by atoms with Gasteiger partial charge in [0.15, 0.2) is 0 Å². The highest BCUT2D eigenvalue weighted by atomic mass is 35.5. The van der Waals surface area contributed by atoms with E-state index in [1.807, 2.05) is 18.2 Å². The van der Waals surface area contributed by atoms with E-state index < -0.39 is 12.4 Å². The molecule has 2 aromatic carbocycles. The Balaban J connectivity index is 1.88. The molecule has 1 heterocycles. The van der Waals surface area contributed by atoms with E-state index in [2.05, 4.69) is 0 Å². The summed E-state index contributed by atoms with van der Waals surface area (Å²) in [5.41, 5.74) is 2.29. The van der Waals surface area contributed by atoms with Crippen molar-refractivity contribution in [2.45, 2.75) is 25.9 Å². The molecule has 0 aliphatic carbocycles. The van der Waals surface area contributed by atoms with Gasteiger partial charge >= 0.3 is 6.18 Å². The standard InChI is InChI=1S/C19H17ClF3NO/c1-13(15-7-9-16(20)10-8-15)17-12-24(18(25-17)19(21,22)23)11-14-5-3-2-4-6-14/h2-10,18H,11-12H2,1H3/b17-13-/t18-/m0/s1. The molecule has 6 heteroatoms. The van der Waals surface area contributed by atoms with Gasteiger partial charge in [-0.15, -0.1) is 0 Å². The van der Waals surface area contributed by atoms with Crippen LogP contribution in [0.2, 0.25) is 5.02 Å². The Morgan fingerprint density at radius 3 is 2.36 bits per heavy atom. The summed E-state index contributed by atoms with van der Waals surface area (Å²) in [6.07, 6.45) is -6.40. The van der Waals surface area contributed by atoms with Crippen molar-refractivity contribution in [1.29, 1.82) is 0 Å². The van der Waals surface area contributed by atoms with E-state index in [9.17, 15) is 13.2 Å². The third kappa shape index (κ3) is 4.17. The van der Waals surface area contributed by atoms with Gasteiger partial charge in [-0.2, -0.15) is 13.2 Å². The van der Waals surface area contributed by atoms with E-state index in [4.69, 9.17) is 16.3 Å². The van der Waals surface area contributed by atoms with Crippen LogP contribution in [0.1, 0.15) is 18.1 Å². The molecule has 2 nitrogen and oxygen atoms in total. The van der Waals surface area contributed by atoms with Crippen LogP contribution in [0, 0.1) is 0 Å². The minimum absolute atomic E-state index is 0.105. The molecule has 0 aromatic heterocycles. The Hall–Kier alpha value is -1.98. The van der Waals surface area contributed by atoms with Gasteiger partial charge in [-0.25, -0.2) is 4.90 Å². The summed E-state index contributed by atoms with van der Waals surface area (Å²) in [6.45, 7) is 2.04. The molecule has 1 fully saturated rings. The van der Waals surface area contributed by atoms with Gasteiger partial charge in [0.25, 0.3) is 0 Å². The van der Waals surface area contributed by atoms with Crippen molar-refractivity contribution in [3.05, 3.63) is 76.5 Å². The number of allylic oxidation sites excluding steroid dienone is 1. The molecular weight excluding hydrogens is 351 g/mol. The quantitative estimate of drug-likeness (QED) is 0.711. The third-order valence-electron chi connectivity index (χ3n) is 4.14. The summed E-state index contributed by atoms with van der Waals surface area (Å²) >= 11 is 5.87. The average molecular weight is 368 g/mol. The first-order valence-electron chi connectivity index (χ1n) is 7.81. The zero-order chi connectivity index (χ0) is 18.0. The molecule has 1 aliphatic heterocycles. The Morgan fingerprint density at radius 2 is 1.76 bits per heavy atom. The molecule has 1 aliphatic rings. The topological polar surface area (TPSA) is 12.5 Å². The van der Waals surface area contributed by atoms with Crippen molar-refractivity contribution in [1.82, 2.24) is 4.90 Å². The molecule has 3 rings (SSSR count). The fraction of sp³-hybridized carbons (Fsp3) is 0.263. The summed E-state index contributed by atoms with van der Waals surface area (Å²) in [4.78, 5) is 1.30. The van der Waals surface area contributed by atoms with Crippen LogP contribution in [0.15, 0.2) is 60.4 Å². The summed E-state index contributed by atoms with van der Waals surface area (Å²) < 4.78 is 45.5. The van der Waals surface area contributed by atoms with Crippen molar-refractivity contribution in [2.24, 2.45) is 0 Å². The molecular formula is C19H17ClF3NO. The van der Waals surface area contributed by atoms with Crippen molar-refractivity contribution < 1.29 is 17.9 Å². The number of nitrogens with zero attached hydrogens (tertiary/aromatic N) is 1. The highest BCUT2D eigenvalue weighted by Crippen LogP contribution is 2.36. The van der Waals surface area contributed by atoms with E-state index in [-0.39, 0.29) is 13.1 Å². The van der Waals surface area contributed by atoms with Gasteiger partial charge in [-0.1, -0.05) is 54.1 Å². The Morgan fingerprint density at radius 1 is 1.12 bits per heavy atom. The average Bonchev–Trinajstić information content (AvgIpc) is 3.00. The monoisotopic (exact) mass is 367 g/mol. The highest BCUT2D eigenvalue weighted by Gasteiger charge is 2.50. The van der Waals surface area contributed by atoms with Crippen LogP contribution in [0.25, 0.3) is 5.57 Å². The minimum atomic E-state index is -4.46. The zero-order valence-electron chi connectivity index (χ0n) is 13.6. The van der Waals surface area contributed by atoms with Gasteiger partial charge in [0.05, 0.1) is 6.54 Å². The molecule has 0 spiro atoms. The molecule has 0 amide bonds. The van der Waals surface area contributed by atoms with Crippen LogP contribution in [0.5, 0.6) is 0 Å². The summed E-state index contributed by atoms with van der Waals surface area (Å²) in [6, 6.07) is 16.0. The fourth-order valence-electron chi connectivity index (χ4n) is 2.81. The van der Waals surface area contributed by atoms with Gasteiger partial charge in [0, 0.05) is 11.6 Å². The third-order valence-corrected chi connectivity index (χ3v) is 4.39. The predicted octanol–water partition coefficient (Wildman–Crippen LogP) is 5.49. The number of ether oxygens (including phenoxy) is 1. The molecule has 1 saturated heterocycles. The fourth-order valence-corrected chi connectivity index (χ4v) is 2.94. The van der Waals surface area contributed by atoms with Gasteiger partial charge in [0.1, 0.15) is 5.76 Å². The molecule has 0 radical (unpaired) electrons. The van der Waals surface area contributed by atoms with Crippen LogP contribution in [-0.4, -0.2) is 23.8 Å². The second kappa shape index (κ2) is 7.10. The summed E-state index contributed by atoms with van der Waals surface area (Å²) in [7, 11) is 0. The van der Waals surface area contributed by atoms with Crippen LogP contribution in [0.4, 0.5) is 13.2 Å². The van der Waals surface area contributed by atoms with Crippen molar-refractivity contribution in [3.63, 3.8) is 0 Å².